The maximum absolute atomic E-state index is 13.5. The number of ether oxygens (including phenoxy) is 3. The van der Waals surface area contributed by atoms with Gasteiger partial charge >= 0.3 is 0 Å². The van der Waals surface area contributed by atoms with Crippen molar-refractivity contribution in [1.82, 2.24) is 9.80 Å². The van der Waals surface area contributed by atoms with Crippen molar-refractivity contribution in [2.45, 2.75) is 33.4 Å². The molecule has 1 aliphatic heterocycles. The number of hydrogen-bond acceptors (Lipinski definition) is 7. The maximum Gasteiger partial charge on any atom is 0.295 e. The molecule has 42 heavy (non-hydrogen) atoms. The highest BCUT2D eigenvalue weighted by Gasteiger charge is 2.46. The number of carbonyl (C=O) groups excluding carboxylic acids is 2. The average Bonchev–Trinajstić information content (AvgIpc) is 3.23. The van der Waals surface area contributed by atoms with Crippen molar-refractivity contribution in [3.63, 3.8) is 0 Å². The van der Waals surface area contributed by atoms with Crippen LogP contribution in [0.15, 0.2) is 72.3 Å². The molecule has 1 amide bonds. The van der Waals surface area contributed by atoms with Crippen LogP contribution in [0.25, 0.3) is 5.76 Å². The van der Waals surface area contributed by atoms with Crippen LogP contribution in [0.5, 0.6) is 17.2 Å². The molecule has 1 atom stereocenters. The molecule has 8 heteroatoms. The van der Waals surface area contributed by atoms with Gasteiger partial charge in [-0.05, 0) is 74.0 Å². The third kappa shape index (κ3) is 6.94. The quantitative estimate of drug-likeness (QED) is 0.172. The van der Waals surface area contributed by atoms with Crippen LogP contribution in [0.3, 0.4) is 0 Å². The van der Waals surface area contributed by atoms with Gasteiger partial charge in [0, 0.05) is 18.7 Å². The van der Waals surface area contributed by atoms with Gasteiger partial charge in [-0.1, -0.05) is 50.2 Å². The van der Waals surface area contributed by atoms with Crippen LogP contribution in [0.2, 0.25) is 0 Å². The Bertz CT molecular complexity index is 1450. The second-order valence-corrected chi connectivity index (χ2v) is 11.2. The molecule has 8 nitrogen and oxygen atoms in total. The van der Waals surface area contributed by atoms with E-state index in [4.69, 9.17) is 14.2 Å². The molecule has 0 saturated carbocycles. The second-order valence-electron chi connectivity index (χ2n) is 11.2. The molecule has 3 aromatic carbocycles. The first-order valence-corrected chi connectivity index (χ1v) is 14.1. The van der Waals surface area contributed by atoms with Crippen LogP contribution < -0.4 is 14.2 Å². The predicted molar refractivity (Wildman–Crippen MR) is 163 cm³/mol. The van der Waals surface area contributed by atoms with Gasteiger partial charge in [-0.3, -0.25) is 9.59 Å². The van der Waals surface area contributed by atoms with E-state index in [1.165, 1.54) is 4.90 Å². The smallest absolute Gasteiger partial charge is 0.295 e. The Morgan fingerprint density at radius 1 is 0.976 bits per heavy atom. The number of ketones is 1. The van der Waals surface area contributed by atoms with Crippen LogP contribution in [-0.4, -0.2) is 67.5 Å². The van der Waals surface area contributed by atoms with E-state index in [0.717, 1.165) is 11.1 Å². The van der Waals surface area contributed by atoms with Gasteiger partial charge in [-0.2, -0.15) is 0 Å². The fraction of sp³-hybridized carbons (Fsp3) is 0.353. The lowest BCUT2D eigenvalue weighted by atomic mass is 9.93. The number of likely N-dealkylation sites (tertiary alicyclic amines) is 1. The van der Waals surface area contributed by atoms with Gasteiger partial charge in [0.15, 0.2) is 11.5 Å². The Hall–Kier alpha value is -4.30. The summed E-state index contributed by atoms with van der Waals surface area (Å²) in [6.07, 6.45) is 0. The van der Waals surface area contributed by atoms with Gasteiger partial charge in [0.2, 0.25) is 0 Å². The number of aliphatic hydroxyl groups is 1. The van der Waals surface area contributed by atoms with Gasteiger partial charge in [0.05, 0.1) is 25.3 Å². The minimum absolute atomic E-state index is 0.0395. The lowest BCUT2D eigenvalue weighted by molar-refractivity contribution is -0.140. The molecular formula is C34H40N2O6. The van der Waals surface area contributed by atoms with Gasteiger partial charge in [0.25, 0.3) is 11.7 Å². The van der Waals surface area contributed by atoms with Crippen LogP contribution in [0.1, 0.15) is 42.1 Å². The molecule has 0 radical (unpaired) electrons. The molecule has 1 fully saturated rings. The van der Waals surface area contributed by atoms with E-state index in [9.17, 15) is 14.7 Å². The summed E-state index contributed by atoms with van der Waals surface area (Å²) in [6.45, 7) is 7.74. The minimum Gasteiger partial charge on any atom is -0.507 e. The number of likely N-dealkylation sites (N-methyl/N-ethyl adjacent to an activating group) is 1. The van der Waals surface area contributed by atoms with Crippen LogP contribution in [-0.2, 0) is 16.2 Å². The van der Waals surface area contributed by atoms with Crippen molar-refractivity contribution >= 4 is 17.4 Å². The number of nitrogens with zero attached hydrogens (tertiary/aromatic N) is 2. The van der Waals surface area contributed by atoms with Crippen molar-refractivity contribution in [2.75, 3.05) is 40.9 Å². The molecule has 0 aliphatic carbocycles. The Labute approximate surface area is 248 Å². The number of methoxy groups -OCH3 is 1. The summed E-state index contributed by atoms with van der Waals surface area (Å²) >= 11 is 0. The van der Waals surface area contributed by atoms with Gasteiger partial charge < -0.3 is 29.1 Å². The van der Waals surface area contributed by atoms with E-state index in [1.54, 1.807) is 31.4 Å². The Kier molecular flexibility index (Phi) is 9.91. The molecule has 222 valence electrons. The molecule has 0 bridgehead atoms. The molecule has 3 aromatic rings. The van der Waals surface area contributed by atoms with E-state index in [-0.39, 0.29) is 11.3 Å². The fourth-order valence-corrected chi connectivity index (χ4v) is 4.87. The summed E-state index contributed by atoms with van der Waals surface area (Å²) in [4.78, 5) is 30.3. The molecule has 0 spiro atoms. The van der Waals surface area contributed by atoms with Gasteiger partial charge in [-0.25, -0.2) is 0 Å². The second kappa shape index (κ2) is 13.6. The van der Waals surface area contributed by atoms with E-state index in [0.29, 0.717) is 60.6 Å². The molecule has 4 rings (SSSR count). The van der Waals surface area contributed by atoms with E-state index in [1.807, 2.05) is 68.4 Å². The number of carbonyl (C=O) groups is 2. The Balaban J connectivity index is 1.75. The first-order chi connectivity index (χ1) is 20.1. The van der Waals surface area contributed by atoms with Crippen molar-refractivity contribution < 1.29 is 28.9 Å². The van der Waals surface area contributed by atoms with Crippen molar-refractivity contribution in [3.8, 4) is 17.2 Å². The zero-order valence-corrected chi connectivity index (χ0v) is 25.2. The third-order valence-corrected chi connectivity index (χ3v) is 7.10. The van der Waals surface area contributed by atoms with Crippen LogP contribution in [0.4, 0.5) is 0 Å². The lowest BCUT2D eigenvalue weighted by Gasteiger charge is -2.27. The fourth-order valence-electron chi connectivity index (χ4n) is 4.87. The number of aliphatic hydroxyl groups excluding tert-OH is 1. The first kappa shape index (κ1) is 30.7. The summed E-state index contributed by atoms with van der Waals surface area (Å²) in [5.74, 6) is 0.440. The normalized spacial score (nSPS) is 16.4. The molecule has 1 unspecified atom stereocenters. The summed E-state index contributed by atoms with van der Waals surface area (Å²) < 4.78 is 17.5. The zero-order valence-electron chi connectivity index (χ0n) is 25.2. The third-order valence-electron chi connectivity index (χ3n) is 7.10. The largest absolute Gasteiger partial charge is 0.507 e. The standard InChI is InChI=1S/C34H40N2O6/c1-22(2)20-41-26-13-14-27(23(3)18-26)32(37)30-31(36(17-16-35(4)5)34(39)33(30)38)25-12-15-28(29(19-25)40-6)42-21-24-10-8-7-9-11-24/h7-15,18-19,22,31,37H,16-17,20-21H2,1-6H3/b32-30+. The molecule has 1 heterocycles. The number of Topliss-reactive ketones (excluding diaryl/α,β-unsaturated/α-hetero) is 1. The lowest BCUT2D eigenvalue weighted by Crippen LogP contribution is -2.35. The number of hydrogen-bond donors (Lipinski definition) is 1. The Morgan fingerprint density at radius 2 is 1.71 bits per heavy atom. The highest BCUT2D eigenvalue weighted by atomic mass is 16.5. The highest BCUT2D eigenvalue weighted by molar-refractivity contribution is 6.46. The molecule has 1 saturated heterocycles. The predicted octanol–water partition coefficient (Wildman–Crippen LogP) is 5.60. The van der Waals surface area contributed by atoms with Gasteiger partial charge in [-0.15, -0.1) is 0 Å². The van der Waals surface area contributed by atoms with Gasteiger partial charge in [0.1, 0.15) is 18.1 Å². The van der Waals surface area contributed by atoms with Crippen molar-refractivity contribution in [2.24, 2.45) is 5.92 Å². The van der Waals surface area contributed by atoms with Crippen LogP contribution in [0, 0.1) is 12.8 Å². The van der Waals surface area contributed by atoms with E-state index < -0.39 is 17.7 Å². The highest BCUT2D eigenvalue weighted by Crippen LogP contribution is 2.42. The number of rotatable bonds is 12. The summed E-state index contributed by atoms with van der Waals surface area (Å²) in [6, 6.07) is 19.7. The summed E-state index contributed by atoms with van der Waals surface area (Å²) in [7, 11) is 5.35. The minimum atomic E-state index is -0.807. The van der Waals surface area contributed by atoms with E-state index >= 15 is 0 Å². The summed E-state index contributed by atoms with van der Waals surface area (Å²) in [5.41, 5.74) is 2.88. The number of benzene rings is 3. The SMILES string of the molecule is COc1cc(C2/C(=C(\O)c3ccc(OCC(C)C)cc3C)C(=O)C(=O)N2CCN(C)C)ccc1OCc1ccccc1. The monoisotopic (exact) mass is 572 g/mol. The van der Waals surface area contributed by atoms with Crippen molar-refractivity contribution in [3.05, 3.63) is 94.6 Å². The molecular weight excluding hydrogens is 532 g/mol. The maximum atomic E-state index is 13.5. The number of amides is 1. The van der Waals surface area contributed by atoms with Crippen molar-refractivity contribution in [1.29, 1.82) is 0 Å². The first-order valence-electron chi connectivity index (χ1n) is 14.1. The molecule has 1 N–H and O–H groups in total. The topological polar surface area (TPSA) is 88.5 Å². The Morgan fingerprint density at radius 3 is 2.36 bits per heavy atom. The zero-order chi connectivity index (χ0) is 30.4. The van der Waals surface area contributed by atoms with E-state index in [2.05, 4.69) is 13.8 Å². The molecule has 1 aliphatic rings. The number of aryl methyl sites for hydroxylation is 1. The average molecular weight is 573 g/mol. The molecule has 0 aromatic heterocycles. The summed E-state index contributed by atoms with van der Waals surface area (Å²) in [5, 5.41) is 11.6. The van der Waals surface area contributed by atoms with Crippen LogP contribution >= 0.6 is 0 Å².